The van der Waals surface area contributed by atoms with Crippen molar-refractivity contribution in [2.45, 2.75) is 6.54 Å². The molecule has 1 aromatic rings. The molecule has 0 aromatic carbocycles. The molecule has 0 unspecified atom stereocenters. The normalized spacial score (nSPS) is 22.2. The lowest BCUT2D eigenvalue weighted by atomic mass is 10.1. The summed E-state index contributed by atoms with van der Waals surface area (Å²) in [5, 5.41) is 0. The summed E-state index contributed by atoms with van der Waals surface area (Å²) >= 11 is 0. The number of likely N-dealkylation sites (N-methyl/N-ethyl adjacent to an activating group) is 1. The minimum absolute atomic E-state index is 0.0467. The summed E-state index contributed by atoms with van der Waals surface area (Å²) in [6, 6.07) is 0. The highest BCUT2D eigenvalue weighted by Gasteiger charge is 2.27. The van der Waals surface area contributed by atoms with Crippen molar-refractivity contribution in [1.82, 2.24) is 24.7 Å². The van der Waals surface area contributed by atoms with Crippen LogP contribution >= 0.6 is 0 Å². The summed E-state index contributed by atoms with van der Waals surface area (Å²) in [7, 11) is 5.73. The molecule has 0 spiro atoms. The van der Waals surface area contributed by atoms with Gasteiger partial charge in [-0.2, -0.15) is 0 Å². The number of aromatic amines is 1. The largest absolute Gasteiger partial charge is 0.348 e. The van der Waals surface area contributed by atoms with Crippen LogP contribution in [0.15, 0.2) is 12.5 Å². The second kappa shape index (κ2) is 6.16. The first kappa shape index (κ1) is 14.0. The van der Waals surface area contributed by atoms with Crippen LogP contribution in [0.1, 0.15) is 5.69 Å². The van der Waals surface area contributed by atoms with Crippen molar-refractivity contribution < 1.29 is 4.79 Å². The molecule has 1 amide bonds. The Hall–Kier alpha value is -1.40. The minimum Gasteiger partial charge on any atom is -0.348 e. The van der Waals surface area contributed by atoms with E-state index in [0.29, 0.717) is 0 Å². The number of carbonyl (C=O) groups is 1. The molecule has 1 aliphatic heterocycles. The predicted molar refractivity (Wildman–Crippen MR) is 73.5 cm³/mol. The van der Waals surface area contributed by atoms with Crippen molar-refractivity contribution in [3.8, 4) is 0 Å². The average Bonchev–Trinajstić information content (AvgIpc) is 2.79. The maximum Gasteiger partial charge on any atom is 0.227 e. The zero-order valence-corrected chi connectivity index (χ0v) is 12.0. The zero-order chi connectivity index (χ0) is 13.8. The number of nitrogens with zero attached hydrogens (tertiary/aromatic N) is 4. The fourth-order valence-electron chi connectivity index (χ4n) is 2.52. The van der Waals surface area contributed by atoms with Gasteiger partial charge in [0, 0.05) is 58.7 Å². The molecule has 2 rings (SSSR count). The molecule has 0 radical (unpaired) electrons. The maximum atomic E-state index is 12.2. The lowest BCUT2D eigenvalue weighted by Gasteiger charge is -2.25. The molecule has 106 valence electrons. The third-order valence-corrected chi connectivity index (χ3v) is 3.55. The Labute approximate surface area is 114 Å². The van der Waals surface area contributed by atoms with Crippen molar-refractivity contribution in [1.29, 1.82) is 0 Å². The highest BCUT2D eigenvalue weighted by atomic mass is 16.2. The Morgan fingerprint density at radius 2 is 2.26 bits per heavy atom. The van der Waals surface area contributed by atoms with Gasteiger partial charge in [-0.15, -0.1) is 0 Å². The summed E-state index contributed by atoms with van der Waals surface area (Å²) in [4.78, 5) is 25.6. The SMILES string of the molecule is CN1CCN(Cc2cnc[nH]2)C[C@@H](C(=O)N(C)C)C1. The minimum atomic E-state index is 0.0467. The molecule has 0 saturated carbocycles. The number of amides is 1. The van der Waals surface area contributed by atoms with Crippen LogP contribution in [0.2, 0.25) is 0 Å². The monoisotopic (exact) mass is 265 g/mol. The van der Waals surface area contributed by atoms with Crippen molar-refractivity contribution >= 4 is 5.91 Å². The molecule has 1 N–H and O–H groups in total. The van der Waals surface area contributed by atoms with Crippen LogP contribution in [0, 0.1) is 5.92 Å². The Bertz CT molecular complexity index is 403. The van der Waals surface area contributed by atoms with Crippen LogP contribution < -0.4 is 0 Å². The molecule has 1 aliphatic rings. The predicted octanol–water partition coefficient (Wildman–Crippen LogP) is -0.138. The molecule has 1 saturated heterocycles. The first-order chi connectivity index (χ1) is 9.06. The van der Waals surface area contributed by atoms with Crippen LogP contribution in [0.3, 0.4) is 0 Å². The average molecular weight is 265 g/mol. The van der Waals surface area contributed by atoms with E-state index in [0.717, 1.165) is 38.4 Å². The zero-order valence-electron chi connectivity index (χ0n) is 12.0. The number of nitrogens with one attached hydrogen (secondary N) is 1. The van der Waals surface area contributed by atoms with Gasteiger partial charge in [-0.05, 0) is 7.05 Å². The second-order valence-electron chi connectivity index (χ2n) is 5.50. The molecule has 1 fully saturated rings. The maximum absolute atomic E-state index is 12.2. The van der Waals surface area contributed by atoms with Crippen molar-refractivity contribution in [3.63, 3.8) is 0 Å². The molecule has 2 heterocycles. The van der Waals surface area contributed by atoms with E-state index in [1.54, 1.807) is 11.2 Å². The molecular weight excluding hydrogens is 242 g/mol. The number of rotatable bonds is 3. The highest BCUT2D eigenvalue weighted by Crippen LogP contribution is 2.12. The summed E-state index contributed by atoms with van der Waals surface area (Å²) in [6.07, 6.45) is 3.54. The molecule has 6 nitrogen and oxygen atoms in total. The first-order valence-corrected chi connectivity index (χ1v) is 6.65. The van der Waals surface area contributed by atoms with E-state index in [9.17, 15) is 4.79 Å². The van der Waals surface area contributed by atoms with Gasteiger partial charge in [0.2, 0.25) is 5.91 Å². The number of hydrogen-bond acceptors (Lipinski definition) is 4. The standard InChI is InChI=1S/C13H23N5O/c1-16(2)13(19)11-7-17(3)4-5-18(8-11)9-12-6-14-10-15-12/h6,10-11H,4-5,7-9H2,1-3H3,(H,14,15)/t11-/m0/s1. The summed E-state index contributed by atoms with van der Waals surface area (Å²) < 4.78 is 0. The van der Waals surface area contributed by atoms with Crippen LogP contribution in [-0.2, 0) is 11.3 Å². The van der Waals surface area contributed by atoms with E-state index in [4.69, 9.17) is 0 Å². The van der Waals surface area contributed by atoms with Gasteiger partial charge in [0.1, 0.15) is 0 Å². The van der Waals surface area contributed by atoms with E-state index in [2.05, 4.69) is 26.8 Å². The molecule has 0 bridgehead atoms. The molecular formula is C13H23N5O. The van der Waals surface area contributed by atoms with Crippen LogP contribution in [0.25, 0.3) is 0 Å². The smallest absolute Gasteiger partial charge is 0.227 e. The van der Waals surface area contributed by atoms with Crippen molar-refractivity contribution in [3.05, 3.63) is 18.2 Å². The third-order valence-electron chi connectivity index (χ3n) is 3.55. The topological polar surface area (TPSA) is 55.5 Å². The first-order valence-electron chi connectivity index (χ1n) is 6.65. The van der Waals surface area contributed by atoms with E-state index in [-0.39, 0.29) is 11.8 Å². The van der Waals surface area contributed by atoms with E-state index in [1.165, 1.54) is 0 Å². The van der Waals surface area contributed by atoms with Gasteiger partial charge < -0.3 is 14.8 Å². The third kappa shape index (κ3) is 3.78. The number of aromatic nitrogens is 2. The van der Waals surface area contributed by atoms with Crippen molar-refractivity contribution in [2.24, 2.45) is 5.92 Å². The van der Waals surface area contributed by atoms with Crippen LogP contribution in [-0.4, -0.2) is 77.9 Å². The Morgan fingerprint density at radius 1 is 1.47 bits per heavy atom. The highest BCUT2D eigenvalue weighted by molar-refractivity contribution is 5.78. The Kier molecular flexibility index (Phi) is 4.55. The molecule has 6 heteroatoms. The molecule has 19 heavy (non-hydrogen) atoms. The molecule has 1 atom stereocenters. The summed E-state index contributed by atoms with van der Waals surface area (Å²) in [5.74, 6) is 0.258. The molecule has 0 aliphatic carbocycles. The van der Waals surface area contributed by atoms with E-state index < -0.39 is 0 Å². The van der Waals surface area contributed by atoms with E-state index >= 15 is 0 Å². The number of imidazole rings is 1. The fourth-order valence-corrected chi connectivity index (χ4v) is 2.52. The lowest BCUT2D eigenvalue weighted by molar-refractivity contribution is -0.133. The second-order valence-corrected chi connectivity index (χ2v) is 5.50. The molecule has 1 aromatic heterocycles. The Morgan fingerprint density at radius 3 is 2.89 bits per heavy atom. The van der Waals surface area contributed by atoms with Crippen LogP contribution in [0.4, 0.5) is 0 Å². The van der Waals surface area contributed by atoms with E-state index in [1.807, 2.05) is 20.3 Å². The van der Waals surface area contributed by atoms with Crippen LogP contribution in [0.5, 0.6) is 0 Å². The quantitative estimate of drug-likeness (QED) is 0.826. The van der Waals surface area contributed by atoms with Gasteiger partial charge in [-0.1, -0.05) is 0 Å². The Balaban J connectivity index is 2.02. The van der Waals surface area contributed by atoms with Gasteiger partial charge in [0.25, 0.3) is 0 Å². The summed E-state index contributed by atoms with van der Waals surface area (Å²) in [6.45, 7) is 4.43. The van der Waals surface area contributed by atoms with Gasteiger partial charge in [0.05, 0.1) is 12.2 Å². The number of hydrogen-bond donors (Lipinski definition) is 1. The van der Waals surface area contributed by atoms with Gasteiger partial charge in [0.15, 0.2) is 0 Å². The lowest BCUT2D eigenvalue weighted by Crippen LogP contribution is -2.40. The fraction of sp³-hybridized carbons (Fsp3) is 0.692. The summed E-state index contributed by atoms with van der Waals surface area (Å²) in [5.41, 5.74) is 1.10. The van der Waals surface area contributed by atoms with Gasteiger partial charge in [-0.3, -0.25) is 9.69 Å². The van der Waals surface area contributed by atoms with Gasteiger partial charge in [-0.25, -0.2) is 4.98 Å². The van der Waals surface area contributed by atoms with Gasteiger partial charge >= 0.3 is 0 Å². The number of H-pyrrole nitrogens is 1. The number of carbonyl (C=O) groups excluding carboxylic acids is 1. The van der Waals surface area contributed by atoms with Crippen molar-refractivity contribution in [2.75, 3.05) is 47.3 Å².